The van der Waals surface area contributed by atoms with Gasteiger partial charge in [-0.1, -0.05) is 16.8 Å². The predicted octanol–water partition coefficient (Wildman–Crippen LogP) is 3.27. The van der Waals surface area contributed by atoms with Crippen LogP contribution < -0.4 is 5.32 Å². The Bertz CT molecular complexity index is 578. The lowest BCUT2D eigenvalue weighted by Gasteiger charge is -2.15. The molecule has 6 heteroatoms. The molecule has 106 valence electrons. The molecule has 1 atom stereocenters. The van der Waals surface area contributed by atoms with E-state index in [2.05, 4.69) is 22.4 Å². The largest absolute Gasteiger partial charge is 0.339 e. The van der Waals surface area contributed by atoms with Crippen LogP contribution in [0.25, 0.3) is 0 Å². The summed E-state index contributed by atoms with van der Waals surface area (Å²) in [6, 6.07) is 7.76. The number of thioether (sulfide) groups is 1. The van der Waals surface area contributed by atoms with Gasteiger partial charge in [0.1, 0.15) is 0 Å². The van der Waals surface area contributed by atoms with Gasteiger partial charge in [0.05, 0.1) is 11.2 Å². The Morgan fingerprint density at radius 1 is 1.40 bits per heavy atom. The summed E-state index contributed by atoms with van der Waals surface area (Å²) in [5.41, 5.74) is -0.0177. The maximum Gasteiger partial charge on any atom is 0.233 e. The highest BCUT2D eigenvalue weighted by molar-refractivity contribution is 7.98. The molecular formula is C14H16ClN3OS. The summed E-state index contributed by atoms with van der Waals surface area (Å²) in [6.07, 6.45) is 1.04. The first-order valence-corrected chi connectivity index (χ1v) is 7.94. The molecule has 0 saturated carbocycles. The summed E-state index contributed by atoms with van der Waals surface area (Å²) in [4.78, 5) is 5.68. The van der Waals surface area contributed by atoms with Gasteiger partial charge in [0, 0.05) is 16.5 Å². The zero-order chi connectivity index (χ0) is 14.0. The van der Waals surface area contributed by atoms with Gasteiger partial charge in [0.2, 0.25) is 5.89 Å². The Labute approximate surface area is 127 Å². The molecule has 1 fully saturated rings. The number of benzene rings is 1. The lowest BCUT2D eigenvalue weighted by Crippen LogP contribution is -2.25. The Morgan fingerprint density at radius 3 is 2.90 bits per heavy atom. The smallest absolute Gasteiger partial charge is 0.233 e. The minimum atomic E-state index is -0.0177. The van der Waals surface area contributed by atoms with Crippen molar-refractivity contribution in [3.63, 3.8) is 0 Å². The van der Waals surface area contributed by atoms with Crippen molar-refractivity contribution in [2.75, 3.05) is 13.1 Å². The van der Waals surface area contributed by atoms with Crippen molar-refractivity contribution in [2.45, 2.75) is 29.4 Å². The van der Waals surface area contributed by atoms with Crippen LogP contribution in [-0.4, -0.2) is 23.2 Å². The monoisotopic (exact) mass is 309 g/mol. The molecule has 0 bridgehead atoms. The van der Waals surface area contributed by atoms with E-state index in [1.165, 1.54) is 0 Å². The Hall–Kier alpha value is -1.04. The average Bonchev–Trinajstić information content (AvgIpc) is 3.08. The summed E-state index contributed by atoms with van der Waals surface area (Å²) in [5.74, 6) is 2.19. The van der Waals surface area contributed by atoms with E-state index in [9.17, 15) is 0 Å². The molecule has 0 aliphatic carbocycles. The van der Waals surface area contributed by atoms with Gasteiger partial charge < -0.3 is 9.84 Å². The highest BCUT2D eigenvalue weighted by Crippen LogP contribution is 2.29. The quantitative estimate of drug-likeness (QED) is 0.879. The average molecular weight is 310 g/mol. The Balaban J connectivity index is 1.64. The molecule has 2 aromatic rings. The van der Waals surface area contributed by atoms with Gasteiger partial charge in [-0.3, -0.25) is 0 Å². The van der Waals surface area contributed by atoms with Crippen LogP contribution in [0.1, 0.15) is 25.1 Å². The van der Waals surface area contributed by atoms with Gasteiger partial charge in [-0.25, -0.2) is 0 Å². The molecule has 2 heterocycles. The summed E-state index contributed by atoms with van der Waals surface area (Å²) >= 11 is 7.54. The number of aromatic nitrogens is 2. The van der Waals surface area contributed by atoms with E-state index >= 15 is 0 Å². The van der Waals surface area contributed by atoms with Crippen LogP contribution >= 0.6 is 23.4 Å². The fourth-order valence-electron chi connectivity index (χ4n) is 2.24. The van der Waals surface area contributed by atoms with Crippen molar-refractivity contribution in [2.24, 2.45) is 0 Å². The summed E-state index contributed by atoms with van der Waals surface area (Å²) in [5, 5.41) is 8.16. The standard InChI is InChI=1S/C14H16ClN3OS/c1-14(6-7-16-9-14)13-17-12(18-19-13)8-20-11-4-2-10(15)3-5-11/h2-5,16H,6-9H2,1H3. The highest BCUT2D eigenvalue weighted by Gasteiger charge is 2.36. The molecule has 1 saturated heterocycles. The van der Waals surface area contributed by atoms with Crippen LogP contribution in [0.5, 0.6) is 0 Å². The summed E-state index contributed by atoms with van der Waals surface area (Å²) < 4.78 is 5.42. The minimum Gasteiger partial charge on any atom is -0.339 e. The minimum absolute atomic E-state index is 0.0177. The molecule has 1 unspecified atom stereocenters. The van der Waals surface area contributed by atoms with Crippen LogP contribution in [0.2, 0.25) is 5.02 Å². The molecule has 1 N–H and O–H groups in total. The van der Waals surface area contributed by atoms with E-state index in [1.807, 2.05) is 24.3 Å². The molecule has 1 aromatic heterocycles. The normalized spacial score (nSPS) is 22.3. The zero-order valence-corrected chi connectivity index (χ0v) is 12.8. The van der Waals surface area contributed by atoms with Gasteiger partial charge in [-0.15, -0.1) is 11.8 Å². The molecule has 3 rings (SSSR count). The lowest BCUT2D eigenvalue weighted by atomic mass is 9.90. The number of nitrogens with one attached hydrogen (secondary N) is 1. The van der Waals surface area contributed by atoms with Crippen molar-refractivity contribution in [3.8, 4) is 0 Å². The summed E-state index contributed by atoms with van der Waals surface area (Å²) in [7, 11) is 0. The topological polar surface area (TPSA) is 51.0 Å². The van der Waals surface area contributed by atoms with Gasteiger partial charge in [-0.2, -0.15) is 4.98 Å². The summed E-state index contributed by atoms with van der Waals surface area (Å²) in [6.45, 7) is 4.07. The first-order valence-electron chi connectivity index (χ1n) is 6.58. The number of halogens is 1. The third-order valence-corrected chi connectivity index (χ3v) is 4.79. The number of nitrogens with zero attached hydrogens (tertiary/aromatic N) is 2. The van der Waals surface area contributed by atoms with Crippen molar-refractivity contribution in [1.29, 1.82) is 0 Å². The van der Waals surface area contributed by atoms with Crippen molar-refractivity contribution in [3.05, 3.63) is 41.0 Å². The van der Waals surface area contributed by atoms with Crippen molar-refractivity contribution in [1.82, 2.24) is 15.5 Å². The SMILES string of the molecule is CC1(c2nc(CSc3ccc(Cl)cc3)no2)CCNC1. The van der Waals surface area contributed by atoms with E-state index in [1.54, 1.807) is 11.8 Å². The fraction of sp³-hybridized carbons (Fsp3) is 0.429. The van der Waals surface area contributed by atoms with Gasteiger partial charge in [-0.05, 0) is 44.2 Å². The van der Waals surface area contributed by atoms with E-state index < -0.39 is 0 Å². The second-order valence-corrected chi connectivity index (χ2v) is 6.73. The van der Waals surface area contributed by atoms with E-state index in [0.29, 0.717) is 5.75 Å². The molecule has 1 aliphatic heterocycles. The number of hydrogen-bond donors (Lipinski definition) is 1. The lowest BCUT2D eigenvalue weighted by molar-refractivity contribution is 0.305. The third kappa shape index (κ3) is 3.00. The molecule has 0 radical (unpaired) electrons. The maximum absolute atomic E-state index is 5.87. The second-order valence-electron chi connectivity index (χ2n) is 5.25. The molecule has 20 heavy (non-hydrogen) atoms. The van der Waals surface area contributed by atoms with Gasteiger partial charge in [0.15, 0.2) is 5.82 Å². The molecule has 0 spiro atoms. The van der Waals surface area contributed by atoms with Crippen molar-refractivity contribution < 1.29 is 4.52 Å². The maximum atomic E-state index is 5.87. The Kier molecular flexibility index (Phi) is 4.01. The van der Waals surface area contributed by atoms with Crippen LogP contribution in [0.3, 0.4) is 0 Å². The molecule has 0 amide bonds. The highest BCUT2D eigenvalue weighted by atomic mass is 35.5. The first kappa shape index (κ1) is 13.9. The second kappa shape index (κ2) is 5.76. The first-order chi connectivity index (χ1) is 9.66. The third-order valence-electron chi connectivity index (χ3n) is 3.53. The fourth-order valence-corrected chi connectivity index (χ4v) is 3.10. The Morgan fingerprint density at radius 2 is 2.20 bits per heavy atom. The van der Waals surface area contributed by atoms with E-state index in [-0.39, 0.29) is 5.41 Å². The van der Waals surface area contributed by atoms with Crippen LogP contribution in [0.15, 0.2) is 33.7 Å². The molecule has 1 aliphatic rings. The van der Waals surface area contributed by atoms with Crippen LogP contribution in [-0.2, 0) is 11.2 Å². The number of hydrogen-bond acceptors (Lipinski definition) is 5. The van der Waals surface area contributed by atoms with Crippen LogP contribution in [0.4, 0.5) is 0 Å². The molecular weight excluding hydrogens is 294 g/mol. The van der Waals surface area contributed by atoms with Gasteiger partial charge >= 0.3 is 0 Å². The van der Waals surface area contributed by atoms with Crippen LogP contribution in [0, 0.1) is 0 Å². The molecule has 1 aromatic carbocycles. The van der Waals surface area contributed by atoms with Crippen molar-refractivity contribution >= 4 is 23.4 Å². The van der Waals surface area contributed by atoms with Gasteiger partial charge in [0.25, 0.3) is 0 Å². The van der Waals surface area contributed by atoms with E-state index in [0.717, 1.165) is 41.1 Å². The van der Waals surface area contributed by atoms with E-state index in [4.69, 9.17) is 16.1 Å². The number of rotatable bonds is 4. The molecule has 4 nitrogen and oxygen atoms in total. The predicted molar refractivity (Wildman–Crippen MR) is 80.1 cm³/mol. The zero-order valence-electron chi connectivity index (χ0n) is 11.2.